The van der Waals surface area contributed by atoms with Crippen molar-refractivity contribution >= 4 is 28.2 Å². The molecule has 0 saturated heterocycles. The van der Waals surface area contributed by atoms with E-state index in [9.17, 15) is 22.8 Å². The van der Waals surface area contributed by atoms with E-state index in [1.54, 1.807) is 18.2 Å². The van der Waals surface area contributed by atoms with Crippen molar-refractivity contribution in [1.82, 2.24) is 20.0 Å². The van der Waals surface area contributed by atoms with Crippen molar-refractivity contribution in [2.75, 3.05) is 27.3 Å². The minimum absolute atomic E-state index is 0.000978. The van der Waals surface area contributed by atoms with E-state index in [1.165, 1.54) is 32.3 Å². The molecule has 3 rings (SSSR count). The van der Waals surface area contributed by atoms with Crippen molar-refractivity contribution in [2.24, 2.45) is 5.92 Å². The fraction of sp³-hybridized carbons (Fsp3) is 0.367. The summed E-state index contributed by atoms with van der Waals surface area (Å²) in [5.41, 5.74) is 1.39. The average Bonchev–Trinajstić information content (AvgIpc) is 3.49. The van der Waals surface area contributed by atoms with Gasteiger partial charge in [0.15, 0.2) is 5.76 Å². The van der Waals surface area contributed by atoms with E-state index in [-0.39, 0.29) is 36.4 Å². The highest BCUT2D eigenvalue weighted by molar-refractivity contribution is 7.89. The third-order valence-electron chi connectivity index (χ3n) is 6.52. The van der Waals surface area contributed by atoms with Crippen molar-refractivity contribution in [2.45, 2.75) is 44.1 Å². The fourth-order valence-corrected chi connectivity index (χ4v) is 5.05. The number of hydrogen-bond donors (Lipinski definition) is 2. The molecule has 1 aromatic heterocycles. The second kappa shape index (κ2) is 15.9. The summed E-state index contributed by atoms with van der Waals surface area (Å²) in [4.78, 5) is 43.0. The maximum absolute atomic E-state index is 13.0. The molecule has 12 heteroatoms. The molecule has 1 atom stereocenters. The van der Waals surface area contributed by atoms with E-state index in [1.807, 2.05) is 30.3 Å². The highest BCUT2D eigenvalue weighted by atomic mass is 32.2. The molecule has 0 aliphatic rings. The van der Waals surface area contributed by atoms with Gasteiger partial charge in [-0.1, -0.05) is 68.7 Å². The third-order valence-corrected chi connectivity index (χ3v) is 8.33. The van der Waals surface area contributed by atoms with Crippen molar-refractivity contribution < 1.29 is 32.1 Å². The number of carbonyl (C=O) groups is 3. The van der Waals surface area contributed by atoms with Crippen molar-refractivity contribution in [3.63, 3.8) is 0 Å². The largest absolute Gasteiger partial charge is 0.451 e. The Morgan fingerprint density at radius 3 is 2.45 bits per heavy atom. The van der Waals surface area contributed by atoms with Crippen LogP contribution < -0.4 is 10.6 Å². The first-order valence-electron chi connectivity index (χ1n) is 13.7. The van der Waals surface area contributed by atoms with Gasteiger partial charge < -0.3 is 15.1 Å². The summed E-state index contributed by atoms with van der Waals surface area (Å²) < 4.78 is 31.7. The topological polar surface area (TPSA) is 138 Å². The van der Waals surface area contributed by atoms with Crippen LogP contribution in [0.25, 0.3) is 11.3 Å². The van der Waals surface area contributed by atoms with E-state index in [0.29, 0.717) is 24.2 Å². The molecule has 3 amide bonds. The summed E-state index contributed by atoms with van der Waals surface area (Å²) in [6.45, 7) is 2.18. The molecule has 0 fully saturated rings. The molecular formula is C30H38N4O7S. The molecule has 0 bridgehead atoms. The Morgan fingerprint density at radius 1 is 1.00 bits per heavy atom. The Labute approximate surface area is 246 Å². The van der Waals surface area contributed by atoms with E-state index in [4.69, 9.17) is 9.25 Å². The van der Waals surface area contributed by atoms with Gasteiger partial charge in [0.25, 0.3) is 5.91 Å². The average molecular weight is 599 g/mol. The Bertz CT molecular complexity index is 1420. The SMILES string of the molecule is CCCCCC(CN(C=O)OCc1ccccc1)C(=O)NCNC(=O)c1ccc(-c2cccc(S(=O)(=O)N(C)C)c2)o1. The van der Waals surface area contributed by atoms with Gasteiger partial charge in [-0.3, -0.25) is 19.2 Å². The van der Waals surface area contributed by atoms with Crippen LogP contribution in [-0.2, 0) is 31.1 Å². The number of hydrogen-bond acceptors (Lipinski definition) is 7. The van der Waals surface area contributed by atoms with Gasteiger partial charge in [0.1, 0.15) is 12.4 Å². The molecule has 11 nitrogen and oxygen atoms in total. The molecule has 3 aromatic rings. The van der Waals surface area contributed by atoms with Gasteiger partial charge in [0.2, 0.25) is 22.3 Å². The Morgan fingerprint density at radius 2 is 1.76 bits per heavy atom. The maximum Gasteiger partial charge on any atom is 0.288 e. The van der Waals surface area contributed by atoms with Gasteiger partial charge in [-0.15, -0.1) is 0 Å². The maximum atomic E-state index is 13.0. The summed E-state index contributed by atoms with van der Waals surface area (Å²) in [5, 5.41) is 6.43. The van der Waals surface area contributed by atoms with E-state index >= 15 is 0 Å². The fourth-order valence-electron chi connectivity index (χ4n) is 4.10. The first-order valence-corrected chi connectivity index (χ1v) is 15.2. The van der Waals surface area contributed by atoms with E-state index in [0.717, 1.165) is 34.2 Å². The van der Waals surface area contributed by atoms with Crippen LogP contribution >= 0.6 is 0 Å². The van der Waals surface area contributed by atoms with Crippen molar-refractivity contribution in [1.29, 1.82) is 0 Å². The number of amides is 3. The lowest BCUT2D eigenvalue weighted by molar-refractivity contribution is -0.182. The second-order valence-electron chi connectivity index (χ2n) is 9.86. The predicted molar refractivity (Wildman–Crippen MR) is 157 cm³/mol. The Balaban J connectivity index is 1.57. The molecular weight excluding hydrogens is 560 g/mol. The molecule has 42 heavy (non-hydrogen) atoms. The number of benzene rings is 2. The molecule has 1 unspecified atom stereocenters. The number of rotatable bonds is 17. The van der Waals surface area contributed by atoms with Crippen LogP contribution in [0.4, 0.5) is 0 Å². The number of furan rings is 1. The van der Waals surface area contributed by atoms with Crippen LogP contribution in [0.15, 0.2) is 76.0 Å². The smallest absolute Gasteiger partial charge is 0.288 e. The van der Waals surface area contributed by atoms with Gasteiger partial charge in [-0.25, -0.2) is 17.8 Å². The molecule has 0 spiro atoms. The molecule has 0 saturated carbocycles. The minimum Gasteiger partial charge on any atom is -0.451 e. The Kier molecular flexibility index (Phi) is 12.3. The number of carbonyl (C=O) groups excluding carboxylic acids is 3. The molecule has 0 aliphatic carbocycles. The minimum atomic E-state index is -3.64. The summed E-state index contributed by atoms with van der Waals surface area (Å²) in [5.74, 6) is -1.08. The quantitative estimate of drug-likeness (QED) is 0.104. The molecule has 0 aliphatic heterocycles. The Hall–Kier alpha value is -4.00. The predicted octanol–water partition coefficient (Wildman–Crippen LogP) is 3.79. The van der Waals surface area contributed by atoms with Crippen LogP contribution in [0, 0.1) is 5.92 Å². The molecule has 2 aromatic carbocycles. The van der Waals surface area contributed by atoms with Crippen LogP contribution in [-0.4, -0.2) is 63.3 Å². The molecule has 1 heterocycles. The highest BCUT2D eigenvalue weighted by Gasteiger charge is 2.23. The normalized spacial score (nSPS) is 12.1. The van der Waals surface area contributed by atoms with Gasteiger partial charge in [-0.05, 0) is 36.2 Å². The summed E-state index contributed by atoms with van der Waals surface area (Å²) in [6.07, 6.45) is 3.84. The first kappa shape index (κ1) is 32.5. The van der Waals surface area contributed by atoms with Crippen molar-refractivity contribution in [3.8, 4) is 11.3 Å². The molecule has 0 radical (unpaired) electrons. The third kappa shape index (κ3) is 9.26. The zero-order valence-corrected chi connectivity index (χ0v) is 24.9. The number of unbranched alkanes of at least 4 members (excludes halogenated alkanes) is 2. The second-order valence-corrected chi connectivity index (χ2v) is 12.0. The zero-order chi connectivity index (χ0) is 30.5. The standard InChI is InChI=1S/C30H38N4O7S/c1-4-5-7-13-25(19-34(22-35)40-20-23-11-8-6-9-12-23)29(36)31-21-32-30(37)28-17-16-27(41-28)24-14-10-15-26(18-24)42(38,39)33(2)3/h6,8-12,14-18,22,25H,4-5,7,13,19-21H2,1-3H3,(H,31,36)(H,32,37). The van der Waals surface area contributed by atoms with Gasteiger partial charge in [0.05, 0.1) is 24.0 Å². The van der Waals surface area contributed by atoms with Crippen LogP contribution in [0.1, 0.15) is 48.7 Å². The summed E-state index contributed by atoms with van der Waals surface area (Å²) >= 11 is 0. The van der Waals surface area contributed by atoms with Gasteiger partial charge in [-0.2, -0.15) is 0 Å². The monoisotopic (exact) mass is 598 g/mol. The molecule has 2 N–H and O–H groups in total. The zero-order valence-electron chi connectivity index (χ0n) is 24.1. The van der Waals surface area contributed by atoms with E-state index in [2.05, 4.69) is 17.6 Å². The number of sulfonamides is 1. The number of nitrogens with zero attached hydrogens (tertiary/aromatic N) is 2. The lowest BCUT2D eigenvalue weighted by Crippen LogP contribution is -2.43. The highest BCUT2D eigenvalue weighted by Crippen LogP contribution is 2.25. The van der Waals surface area contributed by atoms with E-state index < -0.39 is 21.8 Å². The van der Waals surface area contributed by atoms with Crippen LogP contribution in [0.3, 0.4) is 0 Å². The number of hydroxylamine groups is 2. The molecule has 226 valence electrons. The lowest BCUT2D eigenvalue weighted by atomic mass is 10.0. The van der Waals surface area contributed by atoms with Crippen LogP contribution in [0.5, 0.6) is 0 Å². The van der Waals surface area contributed by atoms with Crippen molar-refractivity contribution in [3.05, 3.63) is 78.1 Å². The summed E-state index contributed by atoms with van der Waals surface area (Å²) in [6, 6.07) is 18.7. The first-order chi connectivity index (χ1) is 20.1. The van der Waals surface area contributed by atoms with Gasteiger partial charge in [0, 0.05) is 19.7 Å². The van der Waals surface area contributed by atoms with Gasteiger partial charge >= 0.3 is 0 Å². The summed E-state index contributed by atoms with van der Waals surface area (Å²) in [7, 11) is -0.743. The lowest BCUT2D eigenvalue weighted by Gasteiger charge is -2.23. The number of nitrogens with one attached hydrogen (secondary N) is 2. The van der Waals surface area contributed by atoms with Crippen LogP contribution in [0.2, 0.25) is 0 Å².